The maximum Gasteiger partial charge on any atom is 0.123 e. The van der Waals surface area contributed by atoms with Crippen LogP contribution in [0.1, 0.15) is 25.3 Å². The highest BCUT2D eigenvalue weighted by molar-refractivity contribution is 5.85. The highest BCUT2D eigenvalue weighted by Gasteiger charge is 2.19. The average Bonchev–Trinajstić information content (AvgIpc) is 2.41. The molecule has 1 aromatic carbocycles. The van der Waals surface area contributed by atoms with Crippen molar-refractivity contribution in [1.82, 2.24) is 10.2 Å². The first-order valence-electron chi connectivity index (χ1n) is 6.93. The topological polar surface area (TPSA) is 24.5 Å². The van der Waals surface area contributed by atoms with Crippen LogP contribution in [0.3, 0.4) is 0 Å². The van der Waals surface area contributed by atoms with Gasteiger partial charge >= 0.3 is 0 Å². The number of benzene rings is 1. The Morgan fingerprint density at radius 3 is 2.89 bits per heavy atom. The number of halogens is 1. The summed E-state index contributed by atoms with van der Waals surface area (Å²) in [6.45, 7) is 6.09. The van der Waals surface area contributed by atoms with Crippen LogP contribution in [-0.4, -0.2) is 37.7 Å². The van der Waals surface area contributed by atoms with Crippen molar-refractivity contribution in [1.29, 1.82) is 0 Å². The second-order valence-electron chi connectivity index (χ2n) is 4.90. The zero-order valence-corrected chi connectivity index (χ0v) is 12.7. The Balaban J connectivity index is 0.00000180. The molecule has 1 heterocycles. The van der Waals surface area contributed by atoms with E-state index in [-0.39, 0.29) is 12.4 Å². The van der Waals surface area contributed by atoms with E-state index in [1.807, 2.05) is 13.0 Å². The van der Waals surface area contributed by atoms with E-state index in [2.05, 4.69) is 35.5 Å². The van der Waals surface area contributed by atoms with Gasteiger partial charge in [-0.1, -0.05) is 18.2 Å². The summed E-state index contributed by atoms with van der Waals surface area (Å²) in [4.78, 5) is 2.52. The van der Waals surface area contributed by atoms with E-state index in [0.717, 1.165) is 25.4 Å². The van der Waals surface area contributed by atoms with Gasteiger partial charge in [-0.25, -0.2) is 0 Å². The fourth-order valence-electron chi connectivity index (χ4n) is 2.61. The van der Waals surface area contributed by atoms with Gasteiger partial charge in [0.2, 0.25) is 0 Å². The minimum atomic E-state index is 0. The summed E-state index contributed by atoms with van der Waals surface area (Å²) in [7, 11) is 2.06. The van der Waals surface area contributed by atoms with Crippen LogP contribution in [0.4, 0.5) is 0 Å². The number of para-hydroxylation sites is 1. The van der Waals surface area contributed by atoms with E-state index >= 15 is 0 Å². The molecule has 1 aromatic rings. The minimum absolute atomic E-state index is 0. The number of likely N-dealkylation sites (tertiary alicyclic amines) is 1. The molecule has 0 amide bonds. The van der Waals surface area contributed by atoms with Crippen molar-refractivity contribution in [2.75, 3.05) is 26.7 Å². The highest BCUT2D eigenvalue weighted by Crippen LogP contribution is 2.21. The molecule has 108 valence electrons. The second kappa shape index (κ2) is 8.41. The van der Waals surface area contributed by atoms with Crippen LogP contribution in [0.15, 0.2) is 24.3 Å². The van der Waals surface area contributed by atoms with E-state index in [9.17, 15) is 0 Å². The Hall–Kier alpha value is -0.770. The summed E-state index contributed by atoms with van der Waals surface area (Å²) >= 11 is 0. The van der Waals surface area contributed by atoms with Crippen molar-refractivity contribution in [2.45, 2.75) is 32.4 Å². The highest BCUT2D eigenvalue weighted by atomic mass is 35.5. The zero-order chi connectivity index (χ0) is 12.8. The number of hydrogen-bond acceptors (Lipinski definition) is 3. The molecule has 0 saturated carbocycles. The molecule has 0 aliphatic carbocycles. The van der Waals surface area contributed by atoms with Crippen LogP contribution in [0.5, 0.6) is 5.75 Å². The number of piperidine rings is 1. The molecule has 2 rings (SSSR count). The number of likely N-dealkylation sites (N-methyl/N-ethyl adjacent to an activating group) is 1. The van der Waals surface area contributed by atoms with Crippen LogP contribution in [0, 0.1) is 0 Å². The molecular weight excluding hydrogens is 260 g/mol. The third kappa shape index (κ3) is 4.68. The Morgan fingerprint density at radius 2 is 2.16 bits per heavy atom. The van der Waals surface area contributed by atoms with Gasteiger partial charge in [0, 0.05) is 24.7 Å². The lowest BCUT2D eigenvalue weighted by molar-refractivity contribution is 0.185. The number of ether oxygens (including phenoxy) is 1. The second-order valence-corrected chi connectivity index (χ2v) is 4.90. The normalized spacial score (nSPS) is 19.8. The molecule has 1 aliphatic heterocycles. The SMILES string of the molecule is CCOc1ccccc1CN1CCCC(NC)C1.Cl. The number of rotatable bonds is 5. The summed E-state index contributed by atoms with van der Waals surface area (Å²) in [6, 6.07) is 9.02. The van der Waals surface area contributed by atoms with E-state index < -0.39 is 0 Å². The summed E-state index contributed by atoms with van der Waals surface area (Å²) in [5.74, 6) is 1.03. The molecule has 0 bridgehead atoms. The number of nitrogens with zero attached hydrogens (tertiary/aromatic N) is 1. The fraction of sp³-hybridized carbons (Fsp3) is 0.600. The number of nitrogens with one attached hydrogen (secondary N) is 1. The molecule has 1 N–H and O–H groups in total. The molecular formula is C15H25ClN2O. The molecule has 19 heavy (non-hydrogen) atoms. The summed E-state index contributed by atoms with van der Waals surface area (Å²) in [5.41, 5.74) is 1.30. The van der Waals surface area contributed by atoms with Gasteiger partial charge in [-0.2, -0.15) is 0 Å². The van der Waals surface area contributed by atoms with Gasteiger partial charge in [0.25, 0.3) is 0 Å². The predicted molar refractivity (Wildman–Crippen MR) is 82.2 cm³/mol. The third-order valence-electron chi connectivity index (χ3n) is 3.58. The summed E-state index contributed by atoms with van der Waals surface area (Å²) < 4.78 is 5.69. The van der Waals surface area contributed by atoms with Gasteiger partial charge in [0.15, 0.2) is 0 Å². The largest absolute Gasteiger partial charge is 0.494 e. The Kier molecular flexibility index (Phi) is 7.21. The smallest absolute Gasteiger partial charge is 0.123 e. The van der Waals surface area contributed by atoms with Crippen LogP contribution in [0.2, 0.25) is 0 Å². The van der Waals surface area contributed by atoms with Crippen molar-refractivity contribution >= 4 is 12.4 Å². The van der Waals surface area contributed by atoms with Crippen molar-refractivity contribution in [3.05, 3.63) is 29.8 Å². The van der Waals surface area contributed by atoms with Crippen LogP contribution >= 0.6 is 12.4 Å². The first-order valence-corrected chi connectivity index (χ1v) is 6.93. The summed E-state index contributed by atoms with van der Waals surface area (Å²) in [6.07, 6.45) is 2.57. The molecule has 1 atom stereocenters. The predicted octanol–water partition coefficient (Wildman–Crippen LogP) is 2.69. The minimum Gasteiger partial charge on any atom is -0.494 e. The maximum absolute atomic E-state index is 5.69. The Morgan fingerprint density at radius 1 is 1.37 bits per heavy atom. The van der Waals surface area contributed by atoms with Gasteiger partial charge in [-0.3, -0.25) is 4.90 Å². The fourth-order valence-corrected chi connectivity index (χ4v) is 2.61. The van der Waals surface area contributed by atoms with Crippen molar-refractivity contribution in [3.63, 3.8) is 0 Å². The molecule has 4 heteroatoms. The monoisotopic (exact) mass is 284 g/mol. The molecule has 0 aromatic heterocycles. The molecule has 1 aliphatic rings. The lowest BCUT2D eigenvalue weighted by Gasteiger charge is -2.32. The van der Waals surface area contributed by atoms with Crippen molar-refractivity contribution in [2.24, 2.45) is 0 Å². The standard InChI is InChI=1S/C15H24N2O.ClH/c1-3-18-15-9-5-4-7-13(15)11-17-10-6-8-14(12-17)16-2;/h4-5,7,9,14,16H,3,6,8,10-12H2,1-2H3;1H. The molecule has 3 nitrogen and oxygen atoms in total. The number of hydrogen-bond donors (Lipinski definition) is 1. The molecule has 0 radical (unpaired) electrons. The van der Waals surface area contributed by atoms with Crippen LogP contribution in [-0.2, 0) is 6.54 Å². The van der Waals surface area contributed by atoms with Gasteiger partial charge in [-0.05, 0) is 39.4 Å². The Bertz CT molecular complexity index is 373. The van der Waals surface area contributed by atoms with Crippen LogP contribution < -0.4 is 10.1 Å². The molecule has 1 unspecified atom stereocenters. The maximum atomic E-state index is 5.69. The lowest BCUT2D eigenvalue weighted by Crippen LogP contribution is -2.43. The summed E-state index contributed by atoms with van der Waals surface area (Å²) in [5, 5.41) is 3.39. The van der Waals surface area contributed by atoms with Crippen LogP contribution in [0.25, 0.3) is 0 Å². The van der Waals surface area contributed by atoms with E-state index in [4.69, 9.17) is 4.74 Å². The van der Waals surface area contributed by atoms with Gasteiger partial charge in [-0.15, -0.1) is 12.4 Å². The van der Waals surface area contributed by atoms with Gasteiger partial charge in [0.1, 0.15) is 5.75 Å². The van der Waals surface area contributed by atoms with E-state index in [1.165, 1.54) is 24.9 Å². The molecule has 1 fully saturated rings. The zero-order valence-electron chi connectivity index (χ0n) is 11.9. The van der Waals surface area contributed by atoms with Crippen molar-refractivity contribution < 1.29 is 4.74 Å². The van der Waals surface area contributed by atoms with Gasteiger partial charge in [0.05, 0.1) is 6.61 Å². The first kappa shape index (κ1) is 16.3. The van der Waals surface area contributed by atoms with Crippen molar-refractivity contribution in [3.8, 4) is 5.75 Å². The quantitative estimate of drug-likeness (QED) is 0.900. The average molecular weight is 285 g/mol. The molecule has 0 spiro atoms. The van der Waals surface area contributed by atoms with E-state index in [1.54, 1.807) is 0 Å². The first-order chi connectivity index (χ1) is 8.83. The molecule has 1 saturated heterocycles. The third-order valence-corrected chi connectivity index (χ3v) is 3.58. The Labute approximate surface area is 122 Å². The van der Waals surface area contributed by atoms with Gasteiger partial charge < -0.3 is 10.1 Å². The van der Waals surface area contributed by atoms with E-state index in [0.29, 0.717) is 6.04 Å². The lowest BCUT2D eigenvalue weighted by atomic mass is 10.0.